The lowest BCUT2D eigenvalue weighted by atomic mass is 10.1. The van der Waals surface area contributed by atoms with Crippen molar-refractivity contribution in [2.24, 2.45) is 0 Å². The third kappa shape index (κ3) is 4.73. The smallest absolute Gasteiger partial charge is 0.122 e. The van der Waals surface area contributed by atoms with Crippen LogP contribution in [0.4, 0.5) is 0 Å². The minimum atomic E-state index is 0.814. The molecule has 0 aliphatic rings. The minimum absolute atomic E-state index is 0.814. The van der Waals surface area contributed by atoms with Crippen LogP contribution in [0.25, 0.3) is 0 Å². The second-order valence-corrected chi connectivity index (χ2v) is 5.64. The summed E-state index contributed by atoms with van der Waals surface area (Å²) in [4.78, 5) is 2.33. The van der Waals surface area contributed by atoms with Gasteiger partial charge in [0.15, 0.2) is 0 Å². The highest BCUT2D eigenvalue weighted by molar-refractivity contribution is 5.25. The van der Waals surface area contributed by atoms with Crippen LogP contribution >= 0.6 is 0 Å². The molecule has 1 heterocycles. The average Bonchev–Trinajstić information content (AvgIpc) is 2.89. The van der Waals surface area contributed by atoms with E-state index in [4.69, 9.17) is 4.42 Å². The molecule has 1 N–H and O–H groups in total. The summed E-state index contributed by atoms with van der Waals surface area (Å²) in [5, 5.41) is 3.40. The molecular weight excluding hydrogens is 260 g/mol. The van der Waals surface area contributed by atoms with Crippen molar-refractivity contribution < 1.29 is 4.42 Å². The average molecular weight is 286 g/mol. The van der Waals surface area contributed by atoms with Gasteiger partial charge < -0.3 is 9.73 Å². The third-order valence-corrected chi connectivity index (χ3v) is 3.69. The molecule has 114 valence electrons. The number of nitrogens with zero attached hydrogens (tertiary/aromatic N) is 1. The molecule has 1 aromatic heterocycles. The summed E-state index contributed by atoms with van der Waals surface area (Å²) in [5.74, 6) is 1.06. The zero-order valence-corrected chi connectivity index (χ0v) is 13.4. The number of hydrogen-bond donors (Lipinski definition) is 1. The van der Waals surface area contributed by atoms with Crippen molar-refractivity contribution in [1.29, 1.82) is 0 Å². The van der Waals surface area contributed by atoms with Gasteiger partial charge in [-0.3, -0.25) is 4.90 Å². The molecule has 0 saturated carbocycles. The number of rotatable bonds is 8. The van der Waals surface area contributed by atoms with Crippen LogP contribution < -0.4 is 5.32 Å². The van der Waals surface area contributed by atoms with Crippen LogP contribution in [0, 0.1) is 6.92 Å². The number of furan rings is 1. The van der Waals surface area contributed by atoms with Crippen molar-refractivity contribution in [3.63, 3.8) is 0 Å². The molecule has 1 aromatic carbocycles. The van der Waals surface area contributed by atoms with Crippen molar-refractivity contribution in [2.75, 3.05) is 13.6 Å². The molecule has 21 heavy (non-hydrogen) atoms. The SMILES string of the molecule is CCCNCc1occc1CN(C)Cc1ccccc1C. The Morgan fingerprint density at radius 3 is 2.62 bits per heavy atom. The van der Waals surface area contributed by atoms with Crippen LogP contribution in [0.2, 0.25) is 0 Å². The van der Waals surface area contributed by atoms with Crippen LogP contribution in [-0.2, 0) is 19.6 Å². The fourth-order valence-electron chi connectivity index (χ4n) is 2.47. The van der Waals surface area contributed by atoms with E-state index in [1.165, 1.54) is 16.7 Å². The molecule has 0 atom stereocenters. The lowest BCUT2D eigenvalue weighted by Crippen LogP contribution is -2.20. The van der Waals surface area contributed by atoms with Crippen molar-refractivity contribution in [3.05, 3.63) is 59.0 Å². The molecule has 0 radical (unpaired) electrons. The largest absolute Gasteiger partial charge is 0.468 e. The van der Waals surface area contributed by atoms with Gasteiger partial charge in [0.1, 0.15) is 5.76 Å². The summed E-state index contributed by atoms with van der Waals surface area (Å²) in [5.41, 5.74) is 4.00. The first-order valence-corrected chi connectivity index (χ1v) is 7.69. The summed E-state index contributed by atoms with van der Waals surface area (Å²) in [7, 11) is 2.16. The van der Waals surface area contributed by atoms with E-state index >= 15 is 0 Å². The van der Waals surface area contributed by atoms with Crippen molar-refractivity contribution >= 4 is 0 Å². The van der Waals surface area contributed by atoms with Gasteiger partial charge in [-0.1, -0.05) is 31.2 Å². The first-order chi connectivity index (χ1) is 10.2. The second-order valence-electron chi connectivity index (χ2n) is 5.64. The van der Waals surface area contributed by atoms with E-state index in [-0.39, 0.29) is 0 Å². The van der Waals surface area contributed by atoms with Crippen LogP contribution in [0.1, 0.15) is 35.8 Å². The predicted octanol–water partition coefficient (Wildman–Crippen LogP) is 3.72. The van der Waals surface area contributed by atoms with Gasteiger partial charge >= 0.3 is 0 Å². The molecule has 0 aliphatic heterocycles. The molecule has 0 unspecified atom stereocenters. The fourth-order valence-corrected chi connectivity index (χ4v) is 2.47. The Bertz CT molecular complexity index is 548. The van der Waals surface area contributed by atoms with Gasteiger partial charge in [0.05, 0.1) is 12.8 Å². The summed E-state index contributed by atoms with van der Waals surface area (Å²) >= 11 is 0. The Hall–Kier alpha value is -1.58. The Labute approximate surface area is 128 Å². The minimum Gasteiger partial charge on any atom is -0.468 e. The van der Waals surface area contributed by atoms with E-state index in [2.05, 4.69) is 61.4 Å². The maximum Gasteiger partial charge on any atom is 0.122 e. The van der Waals surface area contributed by atoms with Crippen molar-refractivity contribution in [3.8, 4) is 0 Å². The quantitative estimate of drug-likeness (QED) is 0.750. The van der Waals surface area contributed by atoms with Gasteiger partial charge in [-0.2, -0.15) is 0 Å². The monoisotopic (exact) mass is 286 g/mol. The highest BCUT2D eigenvalue weighted by Crippen LogP contribution is 2.15. The molecule has 2 aromatic rings. The van der Waals surface area contributed by atoms with E-state index in [9.17, 15) is 0 Å². The maximum atomic E-state index is 5.60. The van der Waals surface area contributed by atoms with Crippen LogP contribution in [0.5, 0.6) is 0 Å². The van der Waals surface area contributed by atoms with Crippen molar-refractivity contribution in [1.82, 2.24) is 10.2 Å². The fraction of sp³-hybridized carbons (Fsp3) is 0.444. The molecule has 0 aliphatic carbocycles. The second kappa shape index (κ2) is 8.01. The first-order valence-electron chi connectivity index (χ1n) is 7.69. The van der Waals surface area contributed by atoms with E-state index in [0.717, 1.165) is 38.4 Å². The number of aryl methyl sites for hydroxylation is 1. The molecule has 0 bridgehead atoms. The molecular formula is C18H26N2O. The molecule has 0 amide bonds. The van der Waals surface area contributed by atoms with Crippen molar-refractivity contribution in [2.45, 2.75) is 39.9 Å². The predicted molar refractivity (Wildman–Crippen MR) is 87.1 cm³/mol. The van der Waals surface area contributed by atoms with Crippen LogP contribution in [-0.4, -0.2) is 18.5 Å². The number of hydrogen-bond acceptors (Lipinski definition) is 3. The lowest BCUT2D eigenvalue weighted by molar-refractivity contribution is 0.314. The van der Waals surface area contributed by atoms with Gasteiger partial charge in [-0.15, -0.1) is 0 Å². The first kappa shape index (κ1) is 15.8. The number of nitrogens with one attached hydrogen (secondary N) is 1. The van der Waals surface area contributed by atoms with Crippen LogP contribution in [0.15, 0.2) is 41.0 Å². The molecule has 0 saturated heterocycles. The topological polar surface area (TPSA) is 28.4 Å². The van der Waals surface area contributed by atoms with Gasteiger partial charge in [0.2, 0.25) is 0 Å². The zero-order valence-electron chi connectivity index (χ0n) is 13.4. The summed E-state index contributed by atoms with van der Waals surface area (Å²) < 4.78 is 5.60. The molecule has 2 rings (SSSR count). The van der Waals surface area contributed by atoms with E-state index in [0.29, 0.717) is 0 Å². The Morgan fingerprint density at radius 2 is 1.86 bits per heavy atom. The molecule has 3 heteroatoms. The zero-order chi connectivity index (χ0) is 15.1. The molecule has 0 fully saturated rings. The molecule has 3 nitrogen and oxygen atoms in total. The van der Waals surface area contributed by atoms with Crippen LogP contribution in [0.3, 0.4) is 0 Å². The highest BCUT2D eigenvalue weighted by atomic mass is 16.3. The highest BCUT2D eigenvalue weighted by Gasteiger charge is 2.09. The van der Waals surface area contributed by atoms with Gasteiger partial charge in [0, 0.05) is 18.7 Å². The van der Waals surface area contributed by atoms with E-state index in [1.807, 2.05) is 0 Å². The van der Waals surface area contributed by atoms with Gasteiger partial charge in [0.25, 0.3) is 0 Å². The Balaban J connectivity index is 1.92. The van der Waals surface area contributed by atoms with E-state index < -0.39 is 0 Å². The number of benzene rings is 1. The summed E-state index contributed by atoms with van der Waals surface area (Å²) in [6.45, 7) is 8.05. The Kier molecular flexibility index (Phi) is 6.03. The maximum absolute atomic E-state index is 5.60. The van der Waals surface area contributed by atoms with E-state index in [1.54, 1.807) is 6.26 Å². The van der Waals surface area contributed by atoms with Gasteiger partial charge in [-0.25, -0.2) is 0 Å². The lowest BCUT2D eigenvalue weighted by Gasteiger charge is -2.18. The normalized spacial score (nSPS) is 11.2. The summed E-state index contributed by atoms with van der Waals surface area (Å²) in [6.07, 6.45) is 2.93. The third-order valence-electron chi connectivity index (χ3n) is 3.69. The molecule has 0 spiro atoms. The summed E-state index contributed by atoms with van der Waals surface area (Å²) in [6, 6.07) is 10.6. The van der Waals surface area contributed by atoms with Gasteiger partial charge in [-0.05, 0) is 44.1 Å². The Morgan fingerprint density at radius 1 is 1.10 bits per heavy atom. The standard InChI is InChI=1S/C18H26N2O/c1-4-10-19-12-18-17(9-11-21-18)14-20(3)13-16-8-6-5-7-15(16)2/h5-9,11,19H,4,10,12-14H2,1-3H3.